The molecule has 0 spiro atoms. The van der Waals surface area contributed by atoms with Gasteiger partial charge in [-0.2, -0.15) is 0 Å². The fourth-order valence-corrected chi connectivity index (χ4v) is 1.65. The van der Waals surface area contributed by atoms with Gasteiger partial charge >= 0.3 is 6.09 Å². The fourth-order valence-electron chi connectivity index (χ4n) is 1.38. The number of amides is 2. The van der Waals surface area contributed by atoms with E-state index in [1.54, 1.807) is 0 Å². The quantitative estimate of drug-likeness (QED) is 0.813. The van der Waals surface area contributed by atoms with Crippen LogP contribution in [0.4, 0.5) is 4.79 Å². The first-order valence-corrected chi connectivity index (χ1v) is 6.25. The van der Waals surface area contributed by atoms with Crippen LogP contribution >= 0.6 is 15.9 Å². The zero-order valence-corrected chi connectivity index (χ0v) is 11.6. The van der Waals surface area contributed by atoms with Crippen LogP contribution in [0.1, 0.15) is 18.4 Å². The molecule has 18 heavy (non-hydrogen) atoms. The van der Waals surface area contributed by atoms with Gasteiger partial charge in [-0.3, -0.25) is 4.79 Å². The average Bonchev–Trinajstić information content (AvgIpc) is 2.34. The van der Waals surface area contributed by atoms with E-state index in [1.165, 1.54) is 0 Å². The van der Waals surface area contributed by atoms with E-state index in [2.05, 4.69) is 26.0 Å². The van der Waals surface area contributed by atoms with Crippen molar-refractivity contribution in [3.05, 3.63) is 34.3 Å². The van der Waals surface area contributed by atoms with Crippen LogP contribution < -0.4 is 11.1 Å². The molecule has 0 saturated carbocycles. The van der Waals surface area contributed by atoms with Crippen LogP contribution in [0.25, 0.3) is 0 Å². The molecular formula is C12H15BrN2O3. The van der Waals surface area contributed by atoms with Gasteiger partial charge in [0.1, 0.15) is 6.61 Å². The second-order valence-electron chi connectivity index (χ2n) is 3.73. The molecule has 0 radical (unpaired) electrons. The minimum absolute atomic E-state index is 0.0775. The molecule has 0 aliphatic carbocycles. The molecule has 0 heterocycles. The predicted molar refractivity (Wildman–Crippen MR) is 71.1 cm³/mol. The van der Waals surface area contributed by atoms with Crippen molar-refractivity contribution in [3.63, 3.8) is 0 Å². The van der Waals surface area contributed by atoms with Crippen molar-refractivity contribution in [2.24, 2.45) is 5.73 Å². The smallest absolute Gasteiger partial charge is 0.404 e. The highest BCUT2D eigenvalue weighted by atomic mass is 79.9. The minimum atomic E-state index is -0.842. The Labute approximate surface area is 114 Å². The summed E-state index contributed by atoms with van der Waals surface area (Å²) in [5.41, 5.74) is 5.72. The maximum Gasteiger partial charge on any atom is 0.404 e. The summed E-state index contributed by atoms with van der Waals surface area (Å²) in [4.78, 5) is 22.1. The van der Waals surface area contributed by atoms with Crippen LogP contribution in [0.2, 0.25) is 0 Å². The lowest BCUT2D eigenvalue weighted by Crippen LogP contribution is -2.32. The Morgan fingerprint density at radius 3 is 2.56 bits per heavy atom. The number of hydrogen-bond acceptors (Lipinski definition) is 3. The molecule has 0 saturated heterocycles. The summed E-state index contributed by atoms with van der Waals surface area (Å²) in [5, 5.41) is 2.67. The molecule has 1 atom stereocenters. The molecule has 1 aromatic rings. The number of halogens is 1. The number of carbonyl (C=O) groups is 2. The number of hydrogen-bond donors (Lipinski definition) is 2. The van der Waals surface area contributed by atoms with Crippen LogP contribution in [0.3, 0.4) is 0 Å². The Bertz CT molecular complexity index is 420. The van der Waals surface area contributed by atoms with Crippen molar-refractivity contribution >= 4 is 27.9 Å². The monoisotopic (exact) mass is 314 g/mol. The molecule has 3 N–H and O–H groups in total. The lowest BCUT2D eigenvalue weighted by molar-refractivity contribution is -0.122. The molecule has 0 unspecified atom stereocenters. The molecule has 0 aliphatic rings. The highest BCUT2D eigenvalue weighted by molar-refractivity contribution is 9.10. The van der Waals surface area contributed by atoms with Gasteiger partial charge in [0.15, 0.2) is 0 Å². The SMILES string of the molecule is C[C@@H](C(=O)NCCOC(N)=O)c1ccc(Br)cc1. The maximum absolute atomic E-state index is 11.8. The first-order valence-electron chi connectivity index (χ1n) is 5.46. The molecule has 98 valence electrons. The zero-order valence-electron chi connectivity index (χ0n) is 9.98. The molecule has 0 aliphatic heterocycles. The van der Waals surface area contributed by atoms with E-state index in [0.717, 1.165) is 10.0 Å². The lowest BCUT2D eigenvalue weighted by atomic mass is 10.0. The number of ether oxygens (including phenoxy) is 1. The number of nitrogens with two attached hydrogens (primary N) is 1. The van der Waals surface area contributed by atoms with Crippen molar-refractivity contribution in [1.82, 2.24) is 5.32 Å². The van der Waals surface area contributed by atoms with E-state index in [0.29, 0.717) is 0 Å². The van der Waals surface area contributed by atoms with E-state index < -0.39 is 6.09 Å². The molecule has 0 bridgehead atoms. The number of carbonyl (C=O) groups excluding carboxylic acids is 2. The molecular weight excluding hydrogens is 300 g/mol. The summed E-state index contributed by atoms with van der Waals surface area (Å²) in [6, 6.07) is 7.53. The van der Waals surface area contributed by atoms with Crippen LogP contribution in [-0.4, -0.2) is 25.2 Å². The molecule has 2 amide bonds. The van der Waals surface area contributed by atoms with Crippen molar-refractivity contribution in [1.29, 1.82) is 0 Å². The van der Waals surface area contributed by atoms with Crippen molar-refractivity contribution in [3.8, 4) is 0 Å². The Balaban J connectivity index is 2.41. The highest BCUT2D eigenvalue weighted by Crippen LogP contribution is 2.18. The first kappa shape index (κ1) is 14.5. The Kier molecular flexibility index (Phi) is 5.64. The summed E-state index contributed by atoms with van der Waals surface area (Å²) in [7, 11) is 0. The van der Waals surface area contributed by atoms with E-state index in [-0.39, 0.29) is 25.0 Å². The van der Waals surface area contributed by atoms with Gasteiger partial charge in [0, 0.05) is 4.47 Å². The van der Waals surface area contributed by atoms with Gasteiger partial charge in [0.2, 0.25) is 5.91 Å². The summed E-state index contributed by atoms with van der Waals surface area (Å²) in [6.07, 6.45) is -0.842. The van der Waals surface area contributed by atoms with Gasteiger partial charge in [0.05, 0.1) is 12.5 Å². The summed E-state index contributed by atoms with van der Waals surface area (Å²) >= 11 is 3.34. The van der Waals surface area contributed by atoms with E-state index in [1.807, 2.05) is 31.2 Å². The van der Waals surface area contributed by atoms with Gasteiger partial charge in [-0.1, -0.05) is 28.1 Å². The number of benzene rings is 1. The van der Waals surface area contributed by atoms with Crippen molar-refractivity contribution in [2.75, 3.05) is 13.2 Å². The number of primary amides is 1. The Morgan fingerprint density at radius 2 is 2.00 bits per heavy atom. The van der Waals surface area contributed by atoms with Crippen LogP contribution in [-0.2, 0) is 9.53 Å². The van der Waals surface area contributed by atoms with Gasteiger partial charge in [-0.15, -0.1) is 0 Å². The largest absolute Gasteiger partial charge is 0.448 e. The molecule has 6 heteroatoms. The van der Waals surface area contributed by atoms with Crippen LogP contribution in [0.15, 0.2) is 28.7 Å². The maximum atomic E-state index is 11.8. The second kappa shape index (κ2) is 7.00. The molecule has 0 fully saturated rings. The van der Waals surface area contributed by atoms with E-state index >= 15 is 0 Å². The van der Waals surface area contributed by atoms with Crippen molar-refractivity contribution < 1.29 is 14.3 Å². The zero-order chi connectivity index (χ0) is 13.5. The third-order valence-corrected chi connectivity index (χ3v) is 2.94. The van der Waals surface area contributed by atoms with Crippen LogP contribution in [0, 0.1) is 0 Å². The van der Waals surface area contributed by atoms with E-state index in [4.69, 9.17) is 5.73 Å². The van der Waals surface area contributed by atoms with Gasteiger partial charge in [0.25, 0.3) is 0 Å². The van der Waals surface area contributed by atoms with E-state index in [9.17, 15) is 9.59 Å². The average molecular weight is 315 g/mol. The Hall–Kier alpha value is -1.56. The van der Waals surface area contributed by atoms with Gasteiger partial charge in [-0.05, 0) is 24.6 Å². The normalized spacial score (nSPS) is 11.7. The predicted octanol–water partition coefficient (Wildman–Crippen LogP) is 1.76. The Morgan fingerprint density at radius 1 is 1.39 bits per heavy atom. The molecule has 1 aromatic carbocycles. The second-order valence-corrected chi connectivity index (χ2v) is 4.65. The third kappa shape index (κ3) is 4.75. The van der Waals surface area contributed by atoms with Crippen molar-refractivity contribution in [2.45, 2.75) is 12.8 Å². The highest BCUT2D eigenvalue weighted by Gasteiger charge is 2.14. The van der Waals surface area contributed by atoms with Gasteiger partial charge < -0.3 is 15.8 Å². The summed E-state index contributed by atoms with van der Waals surface area (Å²) in [6.45, 7) is 2.14. The lowest BCUT2D eigenvalue weighted by Gasteiger charge is -2.12. The van der Waals surface area contributed by atoms with Gasteiger partial charge in [-0.25, -0.2) is 4.79 Å². The third-order valence-electron chi connectivity index (χ3n) is 2.41. The van der Waals surface area contributed by atoms with Crippen LogP contribution in [0.5, 0.6) is 0 Å². The number of rotatable bonds is 5. The topological polar surface area (TPSA) is 81.4 Å². The first-order chi connectivity index (χ1) is 8.50. The molecule has 5 nitrogen and oxygen atoms in total. The molecule has 1 rings (SSSR count). The number of nitrogens with one attached hydrogen (secondary N) is 1. The minimum Gasteiger partial charge on any atom is -0.448 e. The standard InChI is InChI=1S/C12H15BrN2O3/c1-8(9-2-4-10(13)5-3-9)11(16)15-6-7-18-12(14)17/h2-5,8H,6-7H2,1H3,(H2,14,17)(H,15,16)/t8-/m1/s1. The fraction of sp³-hybridized carbons (Fsp3) is 0.333. The summed E-state index contributed by atoms with van der Waals surface area (Å²) < 4.78 is 5.48. The summed E-state index contributed by atoms with van der Waals surface area (Å²) in [5.74, 6) is -0.378. The molecule has 0 aromatic heterocycles.